The topological polar surface area (TPSA) is 30.7 Å². The van der Waals surface area contributed by atoms with E-state index in [1.54, 1.807) is 4.68 Å². The monoisotopic (exact) mass is 165 g/mol. The van der Waals surface area contributed by atoms with Crippen LogP contribution in [0.15, 0.2) is 24.3 Å². The van der Waals surface area contributed by atoms with Crippen LogP contribution in [0.3, 0.4) is 0 Å². The summed E-state index contributed by atoms with van der Waals surface area (Å²) in [5.41, 5.74) is 1.95. The fraction of sp³-hybridized carbons (Fsp3) is 0.143. The van der Waals surface area contributed by atoms with Crippen LogP contribution in [0, 0.1) is 0 Å². The average molecular weight is 165 g/mol. The smallest absolute Gasteiger partial charge is 0.113 e. The van der Waals surface area contributed by atoms with E-state index in [1.807, 2.05) is 24.3 Å². The van der Waals surface area contributed by atoms with Crippen LogP contribution >= 0.6 is 12.6 Å². The molecule has 0 N–H and O–H groups in total. The molecule has 0 bridgehead atoms. The second kappa shape index (κ2) is 2.54. The molecule has 0 amide bonds. The largest absolute Gasteiger partial charge is 0.235 e. The van der Waals surface area contributed by atoms with Crippen LogP contribution < -0.4 is 0 Å². The summed E-state index contributed by atoms with van der Waals surface area (Å²) in [6.07, 6.45) is 0. The zero-order chi connectivity index (χ0) is 7.68. The quantitative estimate of drug-likeness (QED) is 0.646. The Labute approximate surface area is 69.4 Å². The van der Waals surface area contributed by atoms with Gasteiger partial charge in [0.25, 0.3) is 0 Å². The van der Waals surface area contributed by atoms with Gasteiger partial charge in [-0.1, -0.05) is 17.3 Å². The van der Waals surface area contributed by atoms with Crippen molar-refractivity contribution in [2.75, 3.05) is 0 Å². The maximum absolute atomic E-state index is 4.11. The molecule has 0 radical (unpaired) electrons. The predicted octanol–water partition coefficient (Wildman–Crippen LogP) is 1.32. The molecule has 0 unspecified atom stereocenters. The molecule has 0 fully saturated rings. The fourth-order valence-electron chi connectivity index (χ4n) is 1.02. The summed E-state index contributed by atoms with van der Waals surface area (Å²) in [4.78, 5) is 0. The van der Waals surface area contributed by atoms with Gasteiger partial charge in [-0.05, 0) is 12.1 Å². The summed E-state index contributed by atoms with van der Waals surface area (Å²) < 4.78 is 1.75. The van der Waals surface area contributed by atoms with Gasteiger partial charge >= 0.3 is 0 Å². The highest BCUT2D eigenvalue weighted by Gasteiger charge is 1.98. The molecule has 0 spiro atoms. The molecule has 0 aliphatic heterocycles. The number of fused-ring (bicyclic) bond motifs is 1. The number of nitrogens with zero attached hydrogens (tertiary/aromatic N) is 3. The third kappa shape index (κ3) is 0.991. The lowest BCUT2D eigenvalue weighted by atomic mass is 10.3. The van der Waals surface area contributed by atoms with Crippen molar-refractivity contribution in [1.82, 2.24) is 15.0 Å². The summed E-state index contributed by atoms with van der Waals surface area (Å²) in [6, 6.07) is 7.82. The van der Waals surface area contributed by atoms with Gasteiger partial charge in [-0.3, -0.25) is 0 Å². The lowest BCUT2D eigenvalue weighted by molar-refractivity contribution is 0.725. The second-order valence-electron chi connectivity index (χ2n) is 2.22. The standard InChI is InChI=1S/C7H7N3S/c11-5-10-7-4-2-1-3-6(7)8-9-10/h1-4,11H,5H2. The van der Waals surface area contributed by atoms with Gasteiger partial charge in [-0.15, -0.1) is 5.10 Å². The predicted molar refractivity (Wildman–Crippen MR) is 46.5 cm³/mol. The first-order valence-electron chi connectivity index (χ1n) is 3.31. The van der Waals surface area contributed by atoms with Crippen LogP contribution in [0.1, 0.15) is 0 Å². The lowest BCUT2D eigenvalue weighted by Crippen LogP contribution is -1.93. The molecule has 4 heteroatoms. The maximum atomic E-state index is 4.11. The van der Waals surface area contributed by atoms with E-state index in [0.717, 1.165) is 11.0 Å². The number of hydrogen-bond acceptors (Lipinski definition) is 3. The van der Waals surface area contributed by atoms with Crippen LogP contribution in [0.25, 0.3) is 11.0 Å². The zero-order valence-corrected chi connectivity index (χ0v) is 6.70. The number of thiol groups is 1. The molecule has 0 saturated carbocycles. The minimum atomic E-state index is 0.570. The van der Waals surface area contributed by atoms with Crippen LogP contribution in [0.4, 0.5) is 0 Å². The van der Waals surface area contributed by atoms with Crippen molar-refractivity contribution in [2.24, 2.45) is 0 Å². The fourth-order valence-corrected chi connectivity index (χ4v) is 1.23. The molecule has 11 heavy (non-hydrogen) atoms. The van der Waals surface area contributed by atoms with Crippen molar-refractivity contribution in [1.29, 1.82) is 0 Å². The van der Waals surface area contributed by atoms with Gasteiger partial charge in [-0.2, -0.15) is 12.6 Å². The summed E-state index contributed by atoms with van der Waals surface area (Å²) in [5, 5.41) is 7.86. The molecule has 56 valence electrons. The van der Waals surface area contributed by atoms with E-state index < -0.39 is 0 Å². The molecule has 3 nitrogen and oxygen atoms in total. The first-order chi connectivity index (χ1) is 5.42. The van der Waals surface area contributed by atoms with Crippen molar-refractivity contribution >= 4 is 23.7 Å². The molecule has 0 aliphatic rings. The Kier molecular flexibility index (Phi) is 1.54. The zero-order valence-electron chi connectivity index (χ0n) is 5.81. The molecule has 0 aliphatic carbocycles. The van der Waals surface area contributed by atoms with Gasteiger partial charge < -0.3 is 0 Å². The van der Waals surface area contributed by atoms with Crippen molar-refractivity contribution in [2.45, 2.75) is 5.88 Å². The van der Waals surface area contributed by atoms with Crippen LogP contribution in [-0.4, -0.2) is 15.0 Å². The maximum Gasteiger partial charge on any atom is 0.113 e. The van der Waals surface area contributed by atoms with Crippen molar-refractivity contribution in [3.63, 3.8) is 0 Å². The van der Waals surface area contributed by atoms with Gasteiger partial charge in [-0.25, -0.2) is 4.68 Å². The number of aromatic nitrogens is 3. The SMILES string of the molecule is SCn1nnc2ccccc21. The number of hydrogen-bond donors (Lipinski definition) is 1. The summed E-state index contributed by atoms with van der Waals surface area (Å²) in [5.74, 6) is 0.570. The van der Waals surface area contributed by atoms with E-state index in [-0.39, 0.29) is 0 Å². The Bertz CT molecular complexity index is 368. The lowest BCUT2D eigenvalue weighted by Gasteiger charge is -1.92. The molecule has 2 rings (SSSR count). The van der Waals surface area contributed by atoms with E-state index in [9.17, 15) is 0 Å². The Morgan fingerprint density at radius 3 is 3.00 bits per heavy atom. The minimum absolute atomic E-state index is 0.570. The highest BCUT2D eigenvalue weighted by Crippen LogP contribution is 2.09. The highest BCUT2D eigenvalue weighted by molar-refractivity contribution is 7.79. The second-order valence-corrected chi connectivity index (χ2v) is 2.50. The Balaban J connectivity index is 2.76. The first kappa shape index (κ1) is 6.67. The summed E-state index contributed by atoms with van der Waals surface area (Å²) >= 11 is 4.11. The number of rotatable bonds is 1. The Morgan fingerprint density at radius 2 is 2.18 bits per heavy atom. The van der Waals surface area contributed by atoms with E-state index in [4.69, 9.17) is 0 Å². The number of benzene rings is 1. The molecule has 2 aromatic rings. The highest BCUT2D eigenvalue weighted by atomic mass is 32.1. The molecule has 1 aromatic carbocycles. The summed E-state index contributed by atoms with van der Waals surface area (Å²) in [7, 11) is 0. The van der Waals surface area contributed by atoms with Gasteiger partial charge in [0.1, 0.15) is 5.52 Å². The van der Waals surface area contributed by atoms with E-state index in [1.165, 1.54) is 0 Å². The van der Waals surface area contributed by atoms with Crippen LogP contribution in [-0.2, 0) is 5.88 Å². The van der Waals surface area contributed by atoms with Crippen molar-refractivity contribution in [3.05, 3.63) is 24.3 Å². The molecular formula is C7H7N3S. The third-order valence-corrected chi connectivity index (χ3v) is 1.82. The Morgan fingerprint density at radius 1 is 1.36 bits per heavy atom. The minimum Gasteiger partial charge on any atom is -0.235 e. The van der Waals surface area contributed by atoms with Gasteiger partial charge in [0.15, 0.2) is 0 Å². The summed E-state index contributed by atoms with van der Waals surface area (Å²) in [6.45, 7) is 0. The van der Waals surface area contributed by atoms with E-state index in [2.05, 4.69) is 22.9 Å². The number of para-hydroxylation sites is 1. The van der Waals surface area contributed by atoms with Gasteiger partial charge in [0.05, 0.1) is 11.4 Å². The van der Waals surface area contributed by atoms with Crippen molar-refractivity contribution in [3.8, 4) is 0 Å². The van der Waals surface area contributed by atoms with Gasteiger partial charge in [0, 0.05) is 0 Å². The molecule has 1 heterocycles. The van der Waals surface area contributed by atoms with E-state index in [0.29, 0.717) is 5.88 Å². The first-order valence-corrected chi connectivity index (χ1v) is 3.94. The molecule has 0 saturated heterocycles. The Hall–Kier alpha value is -1.03. The van der Waals surface area contributed by atoms with E-state index >= 15 is 0 Å². The third-order valence-electron chi connectivity index (χ3n) is 1.55. The van der Waals surface area contributed by atoms with Gasteiger partial charge in [0.2, 0.25) is 0 Å². The molecule has 0 atom stereocenters. The molecular weight excluding hydrogens is 158 g/mol. The average Bonchev–Trinajstić information content (AvgIpc) is 2.47. The van der Waals surface area contributed by atoms with Crippen LogP contribution in [0.5, 0.6) is 0 Å². The van der Waals surface area contributed by atoms with Crippen LogP contribution in [0.2, 0.25) is 0 Å². The molecule has 1 aromatic heterocycles. The normalized spacial score (nSPS) is 10.6. The van der Waals surface area contributed by atoms with Crippen molar-refractivity contribution < 1.29 is 0 Å².